The van der Waals surface area contributed by atoms with Gasteiger partial charge in [0.1, 0.15) is 5.75 Å². The molecule has 0 aliphatic rings. The van der Waals surface area contributed by atoms with Crippen LogP contribution in [0.2, 0.25) is 0 Å². The zero-order valence-corrected chi connectivity index (χ0v) is 16.0. The molecule has 25 heavy (non-hydrogen) atoms. The van der Waals surface area contributed by atoms with Crippen molar-refractivity contribution in [1.29, 1.82) is 0 Å². The first-order valence-corrected chi connectivity index (χ1v) is 9.63. The van der Waals surface area contributed by atoms with E-state index >= 15 is 0 Å². The molecule has 0 aliphatic carbocycles. The van der Waals surface area contributed by atoms with Crippen LogP contribution in [-0.4, -0.2) is 31.9 Å². The lowest BCUT2D eigenvalue weighted by Gasteiger charge is -2.13. The molecule has 1 aromatic carbocycles. The van der Waals surface area contributed by atoms with Gasteiger partial charge in [-0.1, -0.05) is 23.3 Å². The molecule has 0 radical (unpaired) electrons. The summed E-state index contributed by atoms with van der Waals surface area (Å²) in [5.41, 5.74) is 2.20. The Morgan fingerprint density at radius 2 is 1.76 bits per heavy atom. The molecule has 0 bridgehead atoms. The molecule has 0 aliphatic heterocycles. The van der Waals surface area contributed by atoms with E-state index in [-0.39, 0.29) is 11.3 Å². The van der Waals surface area contributed by atoms with Gasteiger partial charge in [0.15, 0.2) is 15.1 Å². The zero-order valence-electron chi connectivity index (χ0n) is 15.2. The van der Waals surface area contributed by atoms with E-state index in [0.29, 0.717) is 5.75 Å². The van der Waals surface area contributed by atoms with Crippen LogP contribution in [0.3, 0.4) is 0 Å². The van der Waals surface area contributed by atoms with Gasteiger partial charge >= 0.3 is 5.97 Å². The minimum absolute atomic E-state index is 0.0173. The molecule has 0 spiro atoms. The van der Waals surface area contributed by atoms with Crippen molar-refractivity contribution in [3.8, 4) is 5.75 Å². The fourth-order valence-electron chi connectivity index (χ4n) is 2.29. The van der Waals surface area contributed by atoms with Gasteiger partial charge in [-0.15, -0.1) is 0 Å². The van der Waals surface area contributed by atoms with Crippen LogP contribution < -0.4 is 4.74 Å². The highest BCUT2D eigenvalue weighted by molar-refractivity contribution is 7.92. The lowest BCUT2D eigenvalue weighted by Crippen LogP contribution is -2.29. The van der Waals surface area contributed by atoms with Crippen molar-refractivity contribution in [2.75, 3.05) is 7.11 Å². The maximum Gasteiger partial charge on any atom is 0.322 e. The number of carboxylic acids is 1. The number of carboxylic acid groups (broad SMARTS) is 1. The maximum atomic E-state index is 12.6. The van der Waals surface area contributed by atoms with Crippen molar-refractivity contribution >= 4 is 15.8 Å². The topological polar surface area (TPSA) is 80.7 Å². The molecule has 0 heterocycles. The minimum Gasteiger partial charge on any atom is -0.497 e. The number of allylic oxidation sites excluding steroid dienone is 4. The van der Waals surface area contributed by atoms with Crippen molar-refractivity contribution in [2.24, 2.45) is 0 Å². The molecule has 5 nitrogen and oxygen atoms in total. The van der Waals surface area contributed by atoms with E-state index in [2.05, 4.69) is 6.08 Å². The molecule has 0 amide bonds. The van der Waals surface area contributed by atoms with Gasteiger partial charge in [0.25, 0.3) is 0 Å². The van der Waals surface area contributed by atoms with Crippen molar-refractivity contribution < 1.29 is 23.1 Å². The Balaban J connectivity index is 2.94. The molecule has 1 N–H and O–H groups in total. The highest BCUT2D eigenvalue weighted by Crippen LogP contribution is 2.23. The second-order valence-electron chi connectivity index (χ2n) is 6.15. The standard InChI is InChI=1S/C19H26O5S/c1-14(2)6-5-7-15(3)8-13-18(19(20)21)25(22,23)17-11-9-16(24-4)10-12-17/h6,8-12,18H,5,7,13H2,1-4H3,(H,20,21)/b15-8+. The first-order chi connectivity index (χ1) is 11.7. The van der Waals surface area contributed by atoms with Crippen LogP contribution in [0.5, 0.6) is 5.75 Å². The lowest BCUT2D eigenvalue weighted by molar-refractivity contribution is -0.136. The van der Waals surface area contributed by atoms with Gasteiger partial charge < -0.3 is 9.84 Å². The summed E-state index contributed by atoms with van der Waals surface area (Å²) in [6, 6.07) is 5.75. The molecule has 1 unspecified atom stereocenters. The van der Waals surface area contributed by atoms with E-state index in [0.717, 1.165) is 18.4 Å². The lowest BCUT2D eigenvalue weighted by atomic mass is 10.1. The summed E-state index contributed by atoms with van der Waals surface area (Å²) in [5, 5.41) is 7.89. The molecular formula is C19H26O5S. The first kappa shape index (κ1) is 21.0. The van der Waals surface area contributed by atoms with Crippen LogP contribution in [0.25, 0.3) is 0 Å². The number of methoxy groups -OCH3 is 1. The smallest absolute Gasteiger partial charge is 0.322 e. The number of ether oxygens (including phenoxy) is 1. The summed E-state index contributed by atoms with van der Waals surface area (Å²) < 4.78 is 30.3. The molecule has 0 saturated heterocycles. The Labute approximate surface area is 149 Å². The normalized spacial score (nSPS) is 13.2. The summed E-state index contributed by atoms with van der Waals surface area (Å²) in [6.07, 6.45) is 5.39. The van der Waals surface area contributed by atoms with Crippen molar-refractivity contribution in [3.05, 3.63) is 47.6 Å². The predicted molar refractivity (Wildman–Crippen MR) is 98.6 cm³/mol. The Morgan fingerprint density at radius 3 is 2.24 bits per heavy atom. The first-order valence-electron chi connectivity index (χ1n) is 8.08. The monoisotopic (exact) mass is 366 g/mol. The van der Waals surface area contributed by atoms with Crippen molar-refractivity contribution in [1.82, 2.24) is 0 Å². The molecule has 138 valence electrons. The second-order valence-corrected chi connectivity index (χ2v) is 8.28. The molecule has 0 saturated carbocycles. The van der Waals surface area contributed by atoms with Gasteiger partial charge in [-0.3, -0.25) is 4.79 Å². The quantitative estimate of drug-likeness (QED) is 0.668. The largest absolute Gasteiger partial charge is 0.497 e. The predicted octanol–water partition coefficient (Wildman–Crippen LogP) is 4.00. The molecule has 6 heteroatoms. The summed E-state index contributed by atoms with van der Waals surface area (Å²) in [4.78, 5) is 11.5. The van der Waals surface area contributed by atoms with E-state index in [1.165, 1.54) is 36.9 Å². The summed E-state index contributed by atoms with van der Waals surface area (Å²) in [7, 11) is -2.49. The third-order valence-electron chi connectivity index (χ3n) is 3.81. The molecule has 1 rings (SSSR count). The minimum atomic E-state index is -3.97. The van der Waals surface area contributed by atoms with Gasteiger partial charge in [0.2, 0.25) is 0 Å². The SMILES string of the molecule is COc1ccc(S(=O)(=O)C(C/C=C(\C)CCC=C(C)C)C(=O)O)cc1. The number of hydrogen-bond acceptors (Lipinski definition) is 4. The molecule has 0 fully saturated rings. The third-order valence-corrected chi connectivity index (χ3v) is 5.88. The molecular weight excluding hydrogens is 340 g/mol. The number of carbonyl (C=O) groups is 1. The third kappa shape index (κ3) is 6.38. The summed E-state index contributed by atoms with van der Waals surface area (Å²) in [5.74, 6) is -0.829. The number of hydrogen-bond donors (Lipinski definition) is 1. The summed E-state index contributed by atoms with van der Waals surface area (Å²) in [6.45, 7) is 5.92. The van der Waals surface area contributed by atoms with E-state index in [1.54, 1.807) is 6.08 Å². The van der Waals surface area contributed by atoms with Crippen LogP contribution in [0.4, 0.5) is 0 Å². The van der Waals surface area contributed by atoms with E-state index in [9.17, 15) is 18.3 Å². The highest BCUT2D eigenvalue weighted by atomic mass is 32.2. The van der Waals surface area contributed by atoms with Crippen LogP contribution >= 0.6 is 0 Å². The average molecular weight is 366 g/mol. The van der Waals surface area contributed by atoms with Crippen molar-refractivity contribution in [3.63, 3.8) is 0 Å². The van der Waals surface area contributed by atoms with Gasteiger partial charge in [0.05, 0.1) is 12.0 Å². The fraction of sp³-hybridized carbons (Fsp3) is 0.421. The number of sulfone groups is 1. The fourth-order valence-corrected chi connectivity index (χ4v) is 3.75. The van der Waals surface area contributed by atoms with Crippen LogP contribution in [0.15, 0.2) is 52.5 Å². The second kappa shape index (κ2) is 9.42. The van der Waals surface area contributed by atoms with E-state index in [1.807, 2.05) is 20.8 Å². The molecule has 1 atom stereocenters. The van der Waals surface area contributed by atoms with Crippen LogP contribution in [0, 0.1) is 0 Å². The molecule has 0 aromatic heterocycles. The van der Waals surface area contributed by atoms with Gasteiger partial charge in [-0.25, -0.2) is 8.42 Å². The zero-order chi connectivity index (χ0) is 19.0. The van der Waals surface area contributed by atoms with E-state index in [4.69, 9.17) is 4.74 Å². The Hall–Kier alpha value is -2.08. The Morgan fingerprint density at radius 1 is 1.16 bits per heavy atom. The maximum absolute atomic E-state index is 12.6. The van der Waals surface area contributed by atoms with E-state index < -0.39 is 21.1 Å². The van der Waals surface area contributed by atoms with Crippen LogP contribution in [0.1, 0.15) is 40.0 Å². The van der Waals surface area contributed by atoms with Gasteiger partial charge in [-0.2, -0.15) is 0 Å². The summed E-state index contributed by atoms with van der Waals surface area (Å²) >= 11 is 0. The average Bonchev–Trinajstić information content (AvgIpc) is 2.54. The Kier molecular flexibility index (Phi) is 7.90. The number of aliphatic carboxylic acids is 1. The van der Waals surface area contributed by atoms with Crippen molar-refractivity contribution in [2.45, 2.75) is 50.2 Å². The number of benzene rings is 1. The highest BCUT2D eigenvalue weighted by Gasteiger charge is 2.33. The van der Waals surface area contributed by atoms with Crippen LogP contribution in [-0.2, 0) is 14.6 Å². The van der Waals surface area contributed by atoms with Gasteiger partial charge in [0, 0.05) is 0 Å². The number of rotatable bonds is 9. The van der Waals surface area contributed by atoms with Gasteiger partial charge in [-0.05, 0) is 64.3 Å². The Bertz CT molecular complexity index is 739. The molecule has 1 aromatic rings.